The third kappa shape index (κ3) is 3.51. The first-order valence-electron chi connectivity index (χ1n) is 8.74. The van der Waals surface area contributed by atoms with E-state index in [-0.39, 0.29) is 19.1 Å². The van der Waals surface area contributed by atoms with E-state index in [1.807, 2.05) is 0 Å². The van der Waals surface area contributed by atoms with Gasteiger partial charge in [-0.1, -0.05) is 11.5 Å². The summed E-state index contributed by atoms with van der Waals surface area (Å²) in [5, 5.41) is 3.78. The molecule has 14 heteroatoms. The highest BCUT2D eigenvalue weighted by Gasteiger charge is 2.86. The minimum atomic E-state index is -6.08. The van der Waals surface area contributed by atoms with Crippen LogP contribution in [0.5, 0.6) is 0 Å². The van der Waals surface area contributed by atoms with Gasteiger partial charge in [-0.15, -0.1) is 9.78 Å². The summed E-state index contributed by atoms with van der Waals surface area (Å²) in [6.07, 6.45) is -1.87. The molecule has 3 fully saturated rings. The minimum Gasteiger partial charge on any atom is -0.307 e. The van der Waals surface area contributed by atoms with Crippen LogP contribution in [0.2, 0.25) is 0 Å². The molecule has 28 heavy (non-hydrogen) atoms. The lowest BCUT2D eigenvalue weighted by Crippen LogP contribution is -2.77. The molecule has 3 aliphatic heterocycles. The Morgan fingerprint density at radius 2 is 1.50 bits per heavy atom. The summed E-state index contributed by atoms with van der Waals surface area (Å²) >= 11 is -1.16. The molecular weight excluding hydrogens is 422 g/mol. The topological polar surface area (TPSA) is 63.6 Å². The van der Waals surface area contributed by atoms with Crippen LogP contribution in [0, 0.1) is 0 Å². The largest absolute Gasteiger partial charge is 0.438 e. The van der Waals surface area contributed by atoms with Crippen LogP contribution in [0.3, 0.4) is 0 Å². The Labute approximate surface area is 161 Å². The zero-order chi connectivity index (χ0) is 20.6. The smallest absolute Gasteiger partial charge is 0.307 e. The first-order chi connectivity index (χ1) is 13.1. The predicted octanol–water partition coefficient (Wildman–Crippen LogP) is 3.49. The highest BCUT2D eigenvalue weighted by Crippen LogP contribution is 2.56. The summed E-state index contributed by atoms with van der Waals surface area (Å²) in [7, 11) is 0. The van der Waals surface area contributed by atoms with E-state index >= 15 is 0 Å². The van der Waals surface area contributed by atoms with Gasteiger partial charge in [0.15, 0.2) is 12.3 Å². The molecule has 0 saturated carbocycles. The molecule has 0 radical (unpaired) electrons. The molecule has 0 aliphatic carbocycles. The Kier molecular flexibility index (Phi) is 6.43. The second-order valence-corrected chi connectivity index (χ2v) is 7.27. The van der Waals surface area contributed by atoms with Crippen molar-refractivity contribution in [3.05, 3.63) is 0 Å². The molecule has 3 heterocycles. The Bertz CT molecular complexity index is 542. The van der Waals surface area contributed by atoms with Crippen molar-refractivity contribution >= 4 is 12.3 Å². The number of nitrogens with zero attached hydrogens (tertiary/aromatic N) is 2. The Morgan fingerprint density at radius 1 is 0.929 bits per heavy atom. The summed E-state index contributed by atoms with van der Waals surface area (Å²) in [5.74, 6) is -15.2. The number of likely N-dealkylation sites (tertiary alicyclic amines) is 2. The lowest BCUT2D eigenvalue weighted by Gasteiger charge is -2.52. The van der Waals surface area contributed by atoms with Gasteiger partial charge in [-0.3, -0.25) is 0 Å². The zero-order valence-corrected chi connectivity index (χ0v) is 15.4. The van der Waals surface area contributed by atoms with Crippen molar-refractivity contribution in [3.63, 3.8) is 0 Å². The minimum absolute atomic E-state index is 0.0688. The van der Waals surface area contributed by atoms with E-state index in [9.17, 15) is 26.3 Å². The quantitative estimate of drug-likeness (QED) is 0.365. The monoisotopic (exact) mass is 442 g/mol. The van der Waals surface area contributed by atoms with Gasteiger partial charge in [0, 0.05) is 19.1 Å². The van der Waals surface area contributed by atoms with E-state index in [0.717, 1.165) is 32.4 Å². The summed E-state index contributed by atoms with van der Waals surface area (Å²) in [6, 6.07) is 0.0688. The van der Waals surface area contributed by atoms with Gasteiger partial charge < -0.3 is 9.45 Å². The van der Waals surface area contributed by atoms with Gasteiger partial charge in [-0.25, -0.2) is 9.08 Å². The molecule has 0 aromatic heterocycles. The van der Waals surface area contributed by atoms with Gasteiger partial charge in [-0.05, 0) is 38.8 Å². The molecule has 0 unspecified atom stereocenters. The Balaban J connectivity index is 1.74. The van der Waals surface area contributed by atoms with Crippen LogP contribution >= 0.6 is 12.3 Å². The van der Waals surface area contributed by atoms with Gasteiger partial charge in [0.05, 0.1) is 0 Å². The van der Waals surface area contributed by atoms with Crippen molar-refractivity contribution in [2.45, 2.75) is 62.0 Å². The van der Waals surface area contributed by atoms with Gasteiger partial charge in [0.2, 0.25) is 0 Å². The molecule has 7 nitrogen and oxygen atoms in total. The number of piperidine rings is 2. The second kappa shape index (κ2) is 8.06. The molecular formula is C14H20F6N2O5S. The average molecular weight is 442 g/mol. The van der Waals surface area contributed by atoms with Crippen molar-refractivity contribution in [1.82, 2.24) is 9.80 Å². The molecule has 0 aromatic carbocycles. The van der Waals surface area contributed by atoms with Crippen molar-refractivity contribution in [2.24, 2.45) is 0 Å². The molecule has 0 atom stereocenters. The third-order valence-electron chi connectivity index (χ3n) is 5.38. The van der Waals surface area contributed by atoms with Gasteiger partial charge >= 0.3 is 23.9 Å². The van der Waals surface area contributed by atoms with E-state index in [4.69, 9.17) is 4.55 Å². The second-order valence-electron chi connectivity index (χ2n) is 6.95. The van der Waals surface area contributed by atoms with Gasteiger partial charge in [0.25, 0.3) is 0 Å². The number of hydrogen-bond acceptors (Lipinski definition) is 8. The molecule has 0 spiro atoms. The average Bonchev–Trinajstić information content (AvgIpc) is 2.61. The van der Waals surface area contributed by atoms with E-state index in [2.05, 4.69) is 23.9 Å². The standard InChI is InChI=1S/C14H20F6N2O5S/c15-11(16,13(19,20)26-28-23)12(17,18)14(24-27-25-14)22-8-4-10(5-9-22)21-6-2-1-3-7-21/h10,23H,1-9H2. The van der Waals surface area contributed by atoms with Gasteiger partial charge in [0.1, 0.15) is 0 Å². The van der Waals surface area contributed by atoms with Crippen molar-refractivity contribution in [1.29, 1.82) is 0 Å². The fraction of sp³-hybridized carbons (Fsp3) is 1.00. The number of hydrogen-bond donors (Lipinski definition) is 1. The van der Waals surface area contributed by atoms with E-state index in [1.165, 1.54) is 0 Å². The molecule has 3 aliphatic rings. The Morgan fingerprint density at radius 3 is 1.96 bits per heavy atom. The summed E-state index contributed by atoms with van der Waals surface area (Å²) < 4.78 is 95.4. The normalized spacial score (nSPS) is 26.2. The SMILES string of the molecule is OSOC(F)(F)C(F)(F)C(F)(F)C1(N2CCC(N3CCCCC3)CC2)OOO1. The molecule has 164 valence electrons. The third-order valence-corrected chi connectivity index (χ3v) is 5.66. The first kappa shape index (κ1) is 22.3. The highest BCUT2D eigenvalue weighted by molar-refractivity contribution is 7.88. The predicted molar refractivity (Wildman–Crippen MR) is 82.2 cm³/mol. The van der Waals surface area contributed by atoms with E-state index < -0.39 is 36.2 Å². The highest BCUT2D eigenvalue weighted by atomic mass is 32.2. The number of rotatable bonds is 7. The number of alkyl halides is 6. The lowest BCUT2D eigenvalue weighted by atomic mass is 9.97. The maximum absolute atomic E-state index is 14.6. The van der Waals surface area contributed by atoms with Crippen LogP contribution in [0.4, 0.5) is 26.3 Å². The Hall–Kier alpha value is -0.350. The summed E-state index contributed by atoms with van der Waals surface area (Å²) in [4.78, 5) is 11.3. The van der Waals surface area contributed by atoms with Gasteiger partial charge in [-0.2, -0.15) is 26.3 Å². The van der Waals surface area contributed by atoms with Crippen LogP contribution in [-0.4, -0.2) is 70.4 Å². The molecule has 1 N–H and O–H groups in total. The van der Waals surface area contributed by atoms with E-state index in [0.29, 0.717) is 17.7 Å². The van der Waals surface area contributed by atoms with Crippen molar-refractivity contribution in [2.75, 3.05) is 26.2 Å². The lowest BCUT2D eigenvalue weighted by molar-refractivity contribution is -0.784. The fourth-order valence-electron chi connectivity index (χ4n) is 3.80. The van der Waals surface area contributed by atoms with Crippen molar-refractivity contribution < 1.29 is 49.9 Å². The summed E-state index contributed by atoms with van der Waals surface area (Å²) in [6.45, 7) is 1.42. The molecule has 0 bridgehead atoms. The maximum Gasteiger partial charge on any atom is 0.438 e. The van der Waals surface area contributed by atoms with E-state index in [1.54, 1.807) is 0 Å². The van der Waals surface area contributed by atoms with Crippen molar-refractivity contribution in [3.8, 4) is 0 Å². The molecule has 3 rings (SSSR count). The summed E-state index contributed by atoms with van der Waals surface area (Å²) in [5.41, 5.74) is 0. The zero-order valence-electron chi connectivity index (χ0n) is 14.6. The van der Waals surface area contributed by atoms with Crippen LogP contribution in [0.1, 0.15) is 32.1 Å². The first-order valence-corrected chi connectivity index (χ1v) is 9.44. The molecule has 3 saturated heterocycles. The molecule has 0 amide bonds. The fourth-order valence-corrected chi connectivity index (χ4v) is 3.99. The maximum atomic E-state index is 14.6. The molecule has 0 aromatic rings. The van der Waals surface area contributed by atoms with Crippen LogP contribution in [0.25, 0.3) is 0 Å². The van der Waals surface area contributed by atoms with Crippen LogP contribution in [0.15, 0.2) is 0 Å². The van der Waals surface area contributed by atoms with Crippen LogP contribution < -0.4 is 0 Å². The van der Waals surface area contributed by atoms with Crippen LogP contribution in [-0.2, 0) is 19.0 Å². The number of halogens is 6.